The number of hydrogen-bond donors (Lipinski definition) is 2. The molecule has 12 heavy (non-hydrogen) atoms. The van der Waals surface area contributed by atoms with Gasteiger partial charge in [0.2, 0.25) is 0 Å². The Hall–Kier alpha value is -0.220. The molecule has 0 aromatic heterocycles. The van der Waals surface area contributed by atoms with E-state index >= 15 is 0 Å². The van der Waals surface area contributed by atoms with Crippen molar-refractivity contribution in [3.63, 3.8) is 0 Å². The molecule has 0 amide bonds. The Bertz CT molecular complexity index is 161. The smallest absolute Gasteiger partial charge is 0.288 e. The molecule has 0 aromatic carbocycles. The molecule has 0 rings (SSSR count). The topological polar surface area (TPSA) is 46.2 Å². The largest absolute Gasteiger partial charge is 0.383 e. The van der Waals surface area contributed by atoms with Crippen LogP contribution in [0.3, 0.4) is 0 Å². The van der Waals surface area contributed by atoms with Gasteiger partial charge in [-0.15, -0.1) is 0 Å². The minimum Gasteiger partial charge on any atom is -0.383 e. The molecule has 1 unspecified atom stereocenters. The third-order valence-corrected chi connectivity index (χ3v) is 2.43. The molecule has 2 nitrogen and oxygen atoms in total. The van der Waals surface area contributed by atoms with Gasteiger partial charge in [-0.2, -0.15) is 0 Å². The number of halogens is 2. The molecule has 1 atom stereocenters. The molecule has 0 spiro atoms. The van der Waals surface area contributed by atoms with Crippen molar-refractivity contribution in [2.75, 3.05) is 6.54 Å². The quantitative estimate of drug-likeness (QED) is 0.676. The second-order valence-electron chi connectivity index (χ2n) is 4.23. The van der Waals surface area contributed by atoms with Crippen LogP contribution in [0.5, 0.6) is 0 Å². The van der Waals surface area contributed by atoms with Gasteiger partial charge >= 0.3 is 0 Å². The molecule has 0 bridgehead atoms. The average molecular weight is 181 g/mol. The van der Waals surface area contributed by atoms with Gasteiger partial charge in [-0.05, 0) is 12.3 Å². The lowest BCUT2D eigenvalue weighted by Gasteiger charge is -2.42. The van der Waals surface area contributed by atoms with Crippen molar-refractivity contribution in [3.8, 4) is 0 Å². The van der Waals surface area contributed by atoms with Crippen molar-refractivity contribution in [1.29, 1.82) is 0 Å². The fraction of sp³-hybridized carbons (Fsp3) is 1.00. The summed E-state index contributed by atoms with van der Waals surface area (Å²) in [6.07, 6.45) is 0. The Morgan fingerprint density at radius 3 is 1.58 bits per heavy atom. The highest BCUT2D eigenvalue weighted by Crippen LogP contribution is 2.41. The lowest BCUT2D eigenvalue weighted by Crippen LogP contribution is -2.57. The van der Waals surface area contributed by atoms with Gasteiger partial charge in [0.1, 0.15) is 5.60 Å². The summed E-state index contributed by atoms with van der Waals surface area (Å²) in [5, 5.41) is 9.55. The van der Waals surface area contributed by atoms with Gasteiger partial charge in [-0.3, -0.25) is 0 Å². The van der Waals surface area contributed by atoms with Gasteiger partial charge < -0.3 is 10.8 Å². The van der Waals surface area contributed by atoms with Crippen LogP contribution in [0.15, 0.2) is 0 Å². The molecule has 0 heterocycles. The van der Waals surface area contributed by atoms with E-state index < -0.39 is 23.5 Å². The van der Waals surface area contributed by atoms with Gasteiger partial charge in [0, 0.05) is 0 Å². The molecule has 0 aromatic rings. The summed E-state index contributed by atoms with van der Waals surface area (Å²) in [6, 6.07) is 0. The maximum Gasteiger partial charge on any atom is 0.288 e. The van der Waals surface area contributed by atoms with Crippen LogP contribution in [0.2, 0.25) is 0 Å². The minimum atomic E-state index is -3.24. The number of alkyl halides is 2. The highest BCUT2D eigenvalue weighted by atomic mass is 19.3. The van der Waals surface area contributed by atoms with Gasteiger partial charge in [0.15, 0.2) is 0 Å². The second-order valence-corrected chi connectivity index (χ2v) is 4.23. The van der Waals surface area contributed by atoms with Crippen molar-refractivity contribution in [1.82, 2.24) is 0 Å². The molecular weight excluding hydrogens is 164 g/mol. The lowest BCUT2D eigenvalue weighted by molar-refractivity contribution is -0.212. The Balaban J connectivity index is 4.85. The highest BCUT2D eigenvalue weighted by Gasteiger charge is 2.54. The zero-order valence-corrected chi connectivity index (χ0v) is 7.99. The Morgan fingerprint density at radius 1 is 1.17 bits per heavy atom. The zero-order chi connectivity index (χ0) is 10.2. The van der Waals surface area contributed by atoms with Crippen molar-refractivity contribution in [2.45, 2.75) is 39.2 Å². The molecule has 0 radical (unpaired) electrons. The van der Waals surface area contributed by atoms with E-state index in [0.29, 0.717) is 0 Å². The Morgan fingerprint density at radius 2 is 1.50 bits per heavy atom. The molecule has 0 saturated heterocycles. The van der Waals surface area contributed by atoms with E-state index in [1.807, 2.05) is 0 Å². The fourth-order valence-corrected chi connectivity index (χ4v) is 0.747. The summed E-state index contributed by atoms with van der Waals surface area (Å²) in [7, 11) is 0. The van der Waals surface area contributed by atoms with Crippen molar-refractivity contribution in [2.24, 2.45) is 11.1 Å². The molecule has 0 saturated carbocycles. The Kier molecular flexibility index (Phi) is 2.87. The first-order valence-electron chi connectivity index (χ1n) is 3.86. The minimum absolute atomic E-state index is 0.836. The van der Waals surface area contributed by atoms with Crippen LogP contribution in [-0.2, 0) is 0 Å². The molecule has 74 valence electrons. The first-order chi connectivity index (χ1) is 5.06. The molecule has 0 aliphatic carbocycles. The van der Waals surface area contributed by atoms with Gasteiger partial charge in [0.05, 0.1) is 6.54 Å². The van der Waals surface area contributed by atoms with Crippen LogP contribution in [0, 0.1) is 5.41 Å². The molecule has 0 aliphatic heterocycles. The van der Waals surface area contributed by atoms with Crippen LogP contribution >= 0.6 is 0 Å². The molecule has 4 heteroatoms. The van der Waals surface area contributed by atoms with E-state index in [2.05, 4.69) is 0 Å². The van der Waals surface area contributed by atoms with Crippen LogP contribution in [0.25, 0.3) is 0 Å². The standard InChI is InChI=1S/C8H17F2NO/c1-6(2,3)7(4,12)8(9,10)5-11/h12H,5,11H2,1-4H3. The Labute approximate surface area is 71.8 Å². The number of hydrogen-bond acceptors (Lipinski definition) is 2. The summed E-state index contributed by atoms with van der Waals surface area (Å²) < 4.78 is 26.1. The van der Waals surface area contributed by atoms with Crippen molar-refractivity contribution >= 4 is 0 Å². The van der Waals surface area contributed by atoms with Crippen LogP contribution in [0.1, 0.15) is 27.7 Å². The predicted octanol–water partition coefficient (Wildman–Crippen LogP) is 1.38. The molecule has 0 fully saturated rings. The lowest BCUT2D eigenvalue weighted by atomic mass is 9.74. The predicted molar refractivity (Wildman–Crippen MR) is 44.1 cm³/mol. The first-order valence-corrected chi connectivity index (χ1v) is 3.86. The maximum atomic E-state index is 13.1. The third-order valence-electron chi connectivity index (χ3n) is 2.43. The van der Waals surface area contributed by atoms with E-state index in [9.17, 15) is 13.9 Å². The van der Waals surface area contributed by atoms with Crippen molar-refractivity contribution in [3.05, 3.63) is 0 Å². The maximum absolute atomic E-state index is 13.1. The molecule has 0 aliphatic rings. The van der Waals surface area contributed by atoms with Crippen molar-refractivity contribution < 1.29 is 13.9 Å². The van der Waals surface area contributed by atoms with E-state index in [-0.39, 0.29) is 0 Å². The number of aliphatic hydroxyl groups is 1. The number of nitrogens with two attached hydrogens (primary N) is 1. The molecule has 3 N–H and O–H groups in total. The van der Waals surface area contributed by atoms with E-state index in [0.717, 1.165) is 6.92 Å². The van der Waals surface area contributed by atoms with Crippen LogP contribution in [-0.4, -0.2) is 23.2 Å². The van der Waals surface area contributed by atoms with Gasteiger partial charge in [-0.1, -0.05) is 20.8 Å². The van der Waals surface area contributed by atoms with Crippen LogP contribution < -0.4 is 5.73 Å². The monoisotopic (exact) mass is 181 g/mol. The van der Waals surface area contributed by atoms with Gasteiger partial charge in [-0.25, -0.2) is 8.78 Å². The first kappa shape index (κ1) is 11.8. The normalized spacial score (nSPS) is 19.0. The fourth-order valence-electron chi connectivity index (χ4n) is 0.747. The van der Waals surface area contributed by atoms with Gasteiger partial charge in [0.25, 0.3) is 5.92 Å². The number of rotatable bonds is 2. The summed E-state index contributed by atoms with van der Waals surface area (Å²) in [5.41, 5.74) is 1.91. The SMILES string of the molecule is CC(C)(C)C(C)(O)C(F)(F)CN. The summed E-state index contributed by atoms with van der Waals surface area (Å²) >= 11 is 0. The summed E-state index contributed by atoms with van der Waals surface area (Å²) in [6.45, 7) is 4.93. The van der Waals surface area contributed by atoms with Crippen LogP contribution in [0.4, 0.5) is 8.78 Å². The average Bonchev–Trinajstić information content (AvgIpc) is 1.85. The van der Waals surface area contributed by atoms with E-state index in [4.69, 9.17) is 5.73 Å². The summed E-state index contributed by atoms with van der Waals surface area (Å²) in [4.78, 5) is 0. The molecular formula is C8H17F2NO. The zero-order valence-electron chi connectivity index (χ0n) is 7.99. The van der Waals surface area contributed by atoms with E-state index in [1.165, 1.54) is 0 Å². The second kappa shape index (κ2) is 2.92. The van der Waals surface area contributed by atoms with E-state index in [1.54, 1.807) is 20.8 Å². The third kappa shape index (κ3) is 1.75. The summed E-state index contributed by atoms with van der Waals surface area (Å²) in [5.74, 6) is -3.24. The highest BCUT2D eigenvalue weighted by molar-refractivity contribution is 4.98.